The van der Waals surface area contributed by atoms with E-state index in [0.29, 0.717) is 13.2 Å². The third-order valence-electron chi connectivity index (χ3n) is 5.04. The Kier molecular flexibility index (Phi) is 6.96. The molecule has 1 N–H and O–H groups in total. The van der Waals surface area contributed by atoms with Crippen molar-refractivity contribution in [1.29, 1.82) is 0 Å². The van der Waals surface area contributed by atoms with Crippen LogP contribution in [0.25, 0.3) is 0 Å². The van der Waals surface area contributed by atoms with Gasteiger partial charge in [-0.15, -0.1) is 0 Å². The molecular weight excluding hydrogens is 418 g/mol. The monoisotopic (exact) mass is 447 g/mol. The van der Waals surface area contributed by atoms with Gasteiger partial charge < -0.3 is 14.7 Å². The van der Waals surface area contributed by atoms with Crippen LogP contribution in [0.2, 0.25) is 0 Å². The zero-order chi connectivity index (χ0) is 20.1. The maximum Gasteiger partial charge on any atom is 0.128 e. The Hall–Kier alpha value is -1.63. The van der Waals surface area contributed by atoms with Crippen molar-refractivity contribution in [2.24, 2.45) is 0 Å². The highest BCUT2D eigenvalue weighted by atomic mass is 79.9. The first-order chi connectivity index (χ1) is 13.3. The van der Waals surface area contributed by atoms with Crippen molar-refractivity contribution >= 4 is 21.7 Å². The maximum atomic E-state index is 10.4. The van der Waals surface area contributed by atoms with Crippen LogP contribution in [0.15, 0.2) is 47.1 Å². The zero-order valence-corrected chi connectivity index (χ0v) is 18.5. The Bertz CT molecular complexity index is 736. The number of aromatic nitrogens is 1. The third-order valence-corrected chi connectivity index (χ3v) is 5.51. The van der Waals surface area contributed by atoms with Gasteiger partial charge in [-0.3, -0.25) is 4.90 Å². The quantitative estimate of drug-likeness (QED) is 0.731. The summed E-state index contributed by atoms with van der Waals surface area (Å²) in [5, 5.41) is 10.4. The molecule has 0 spiro atoms. The average molecular weight is 448 g/mol. The summed E-state index contributed by atoms with van der Waals surface area (Å²) in [6.45, 7) is 11.2. The molecule has 1 atom stereocenters. The number of anilines is 1. The summed E-state index contributed by atoms with van der Waals surface area (Å²) >= 11 is 3.42. The molecule has 1 saturated heterocycles. The number of rotatable bonds is 6. The van der Waals surface area contributed by atoms with Crippen LogP contribution in [0.5, 0.6) is 5.75 Å². The van der Waals surface area contributed by atoms with Crippen molar-refractivity contribution < 1.29 is 9.84 Å². The lowest BCUT2D eigenvalue weighted by molar-refractivity contribution is 0.0662. The topological polar surface area (TPSA) is 48.8 Å². The van der Waals surface area contributed by atoms with Crippen LogP contribution in [0.1, 0.15) is 26.3 Å². The summed E-state index contributed by atoms with van der Waals surface area (Å²) in [4.78, 5) is 9.03. The van der Waals surface area contributed by atoms with Crippen molar-refractivity contribution in [1.82, 2.24) is 9.88 Å². The summed E-state index contributed by atoms with van der Waals surface area (Å²) in [5.41, 5.74) is 1.41. The zero-order valence-electron chi connectivity index (χ0n) is 16.9. The molecule has 1 unspecified atom stereocenters. The number of aliphatic hydroxyl groups excluding tert-OH is 1. The number of pyridine rings is 1. The van der Waals surface area contributed by atoms with Gasteiger partial charge in [-0.25, -0.2) is 4.98 Å². The van der Waals surface area contributed by atoms with E-state index in [4.69, 9.17) is 4.74 Å². The minimum Gasteiger partial charge on any atom is -0.491 e. The number of ether oxygens (including phenoxy) is 1. The molecule has 0 aliphatic carbocycles. The number of aliphatic hydroxyl groups is 1. The standard InChI is InChI=1S/C22H30BrN3O2/c1-22(2,3)17-4-7-20(8-5-17)28-16-19(27)15-25-10-12-26(13-11-25)21-9-6-18(23)14-24-21/h4-9,14,19,27H,10-13,15-16H2,1-3H3. The van der Waals surface area contributed by atoms with Crippen LogP contribution in [0.3, 0.4) is 0 Å². The van der Waals surface area contributed by atoms with E-state index < -0.39 is 6.10 Å². The van der Waals surface area contributed by atoms with E-state index in [1.807, 2.05) is 30.5 Å². The number of halogens is 1. The summed E-state index contributed by atoms with van der Waals surface area (Å²) in [6.07, 6.45) is 1.33. The van der Waals surface area contributed by atoms with Gasteiger partial charge in [0.2, 0.25) is 0 Å². The van der Waals surface area contributed by atoms with Crippen molar-refractivity contribution in [3.63, 3.8) is 0 Å². The second-order valence-electron chi connectivity index (χ2n) is 8.36. The number of piperazine rings is 1. The SMILES string of the molecule is CC(C)(C)c1ccc(OCC(O)CN2CCN(c3ccc(Br)cn3)CC2)cc1. The lowest BCUT2D eigenvalue weighted by Crippen LogP contribution is -2.49. The molecule has 6 heteroatoms. The molecule has 2 aromatic rings. The highest BCUT2D eigenvalue weighted by Gasteiger charge is 2.20. The van der Waals surface area contributed by atoms with Crippen molar-refractivity contribution in [3.8, 4) is 5.75 Å². The first kappa shape index (κ1) is 21.1. The Morgan fingerprint density at radius 1 is 1.07 bits per heavy atom. The van der Waals surface area contributed by atoms with Gasteiger partial charge in [-0.05, 0) is 51.2 Å². The Morgan fingerprint density at radius 2 is 1.75 bits per heavy atom. The van der Waals surface area contributed by atoms with Crippen LogP contribution < -0.4 is 9.64 Å². The first-order valence-corrected chi connectivity index (χ1v) is 10.6. The van der Waals surface area contributed by atoms with E-state index in [9.17, 15) is 5.11 Å². The molecule has 152 valence electrons. The van der Waals surface area contributed by atoms with Crippen LogP contribution in [0.4, 0.5) is 5.82 Å². The fourth-order valence-electron chi connectivity index (χ4n) is 3.31. The van der Waals surface area contributed by atoms with Crippen LogP contribution >= 0.6 is 15.9 Å². The lowest BCUT2D eigenvalue weighted by Gasteiger charge is -2.36. The number of benzene rings is 1. The molecule has 1 aliphatic rings. The maximum absolute atomic E-state index is 10.4. The molecule has 0 saturated carbocycles. The van der Waals surface area contributed by atoms with Crippen molar-refractivity contribution in [2.75, 3.05) is 44.2 Å². The second kappa shape index (κ2) is 9.25. The van der Waals surface area contributed by atoms with Crippen LogP contribution in [-0.2, 0) is 5.41 Å². The number of β-amino-alcohol motifs (C(OH)–C–C–N with tert-alkyl or cyclic N) is 1. The molecule has 5 nitrogen and oxygen atoms in total. The minimum absolute atomic E-state index is 0.131. The molecule has 3 rings (SSSR count). The summed E-state index contributed by atoms with van der Waals surface area (Å²) in [7, 11) is 0. The van der Waals surface area contributed by atoms with Gasteiger partial charge in [0.15, 0.2) is 0 Å². The lowest BCUT2D eigenvalue weighted by atomic mass is 9.87. The molecule has 0 amide bonds. The fraction of sp³-hybridized carbons (Fsp3) is 0.500. The Labute approximate surface area is 176 Å². The number of hydrogen-bond donors (Lipinski definition) is 1. The molecule has 1 aliphatic heterocycles. The fourth-order valence-corrected chi connectivity index (χ4v) is 3.54. The molecule has 0 bridgehead atoms. The molecule has 0 radical (unpaired) electrons. The summed E-state index contributed by atoms with van der Waals surface area (Å²) in [5.74, 6) is 1.81. The Balaban J connectivity index is 1.41. The van der Waals surface area contributed by atoms with E-state index in [-0.39, 0.29) is 5.41 Å². The minimum atomic E-state index is -0.500. The molecular formula is C22H30BrN3O2. The predicted octanol–water partition coefficient (Wildman–Crippen LogP) is 3.70. The van der Waals surface area contributed by atoms with E-state index >= 15 is 0 Å². The first-order valence-electron chi connectivity index (χ1n) is 9.81. The largest absolute Gasteiger partial charge is 0.491 e. The smallest absolute Gasteiger partial charge is 0.128 e. The molecule has 1 aromatic carbocycles. The van der Waals surface area contributed by atoms with Crippen molar-refractivity contribution in [3.05, 3.63) is 52.6 Å². The van der Waals surface area contributed by atoms with Gasteiger partial charge >= 0.3 is 0 Å². The van der Waals surface area contributed by atoms with Gasteiger partial charge in [0.05, 0.1) is 0 Å². The number of nitrogens with zero attached hydrogens (tertiary/aromatic N) is 3. The third kappa shape index (κ3) is 5.93. The van der Waals surface area contributed by atoms with Crippen LogP contribution in [0, 0.1) is 0 Å². The van der Waals surface area contributed by atoms with E-state index in [1.165, 1.54) is 5.56 Å². The van der Waals surface area contributed by atoms with Gasteiger partial charge in [0.25, 0.3) is 0 Å². The molecule has 1 aromatic heterocycles. The average Bonchev–Trinajstić information content (AvgIpc) is 2.67. The summed E-state index contributed by atoms with van der Waals surface area (Å²) in [6, 6.07) is 12.2. The summed E-state index contributed by atoms with van der Waals surface area (Å²) < 4.78 is 6.77. The van der Waals surface area contributed by atoms with Gasteiger partial charge in [0.1, 0.15) is 24.3 Å². The van der Waals surface area contributed by atoms with E-state index in [2.05, 4.69) is 63.6 Å². The van der Waals surface area contributed by atoms with Gasteiger partial charge in [-0.1, -0.05) is 32.9 Å². The predicted molar refractivity (Wildman–Crippen MR) is 117 cm³/mol. The van der Waals surface area contributed by atoms with Gasteiger partial charge in [-0.2, -0.15) is 0 Å². The molecule has 2 heterocycles. The van der Waals surface area contributed by atoms with E-state index in [0.717, 1.165) is 42.2 Å². The van der Waals surface area contributed by atoms with Crippen molar-refractivity contribution in [2.45, 2.75) is 32.3 Å². The van der Waals surface area contributed by atoms with E-state index in [1.54, 1.807) is 0 Å². The normalized spacial score (nSPS) is 16.8. The van der Waals surface area contributed by atoms with Crippen LogP contribution in [-0.4, -0.2) is 60.4 Å². The molecule has 1 fully saturated rings. The Morgan fingerprint density at radius 3 is 2.32 bits per heavy atom. The highest BCUT2D eigenvalue weighted by Crippen LogP contribution is 2.24. The number of hydrogen-bond acceptors (Lipinski definition) is 5. The van der Waals surface area contributed by atoms with Gasteiger partial charge in [0, 0.05) is 43.4 Å². The second-order valence-corrected chi connectivity index (χ2v) is 9.28. The highest BCUT2D eigenvalue weighted by molar-refractivity contribution is 9.10. The molecule has 28 heavy (non-hydrogen) atoms.